The van der Waals surface area contributed by atoms with Gasteiger partial charge in [-0.3, -0.25) is 4.79 Å². The Morgan fingerprint density at radius 1 is 1.16 bits per heavy atom. The Morgan fingerprint density at radius 2 is 1.84 bits per heavy atom. The summed E-state index contributed by atoms with van der Waals surface area (Å²) >= 11 is 0. The van der Waals surface area contributed by atoms with Crippen LogP contribution in [0.4, 0.5) is 0 Å². The normalized spacial score (nSPS) is 28.6. The zero-order valence-electron chi connectivity index (χ0n) is 14.7. The number of aromatic nitrogens is 2. The maximum absolute atomic E-state index is 12.7. The van der Waals surface area contributed by atoms with E-state index in [4.69, 9.17) is 5.73 Å². The van der Waals surface area contributed by atoms with E-state index < -0.39 is 0 Å². The second-order valence-corrected chi connectivity index (χ2v) is 7.61. The summed E-state index contributed by atoms with van der Waals surface area (Å²) in [6.07, 6.45) is 7.51. The lowest BCUT2D eigenvalue weighted by atomic mass is 9.67. The van der Waals surface area contributed by atoms with E-state index in [2.05, 4.69) is 10.4 Å². The molecule has 5 heteroatoms. The van der Waals surface area contributed by atoms with E-state index in [1.165, 1.54) is 19.3 Å². The average molecular weight is 338 g/mol. The molecule has 1 aromatic carbocycles. The predicted molar refractivity (Wildman–Crippen MR) is 97.6 cm³/mol. The first-order valence-electron chi connectivity index (χ1n) is 9.29. The Kier molecular flexibility index (Phi) is 4.34. The van der Waals surface area contributed by atoms with Crippen LogP contribution in [0, 0.1) is 18.8 Å². The molecule has 1 aromatic heterocycles. The highest BCUT2D eigenvalue weighted by Crippen LogP contribution is 2.39. The molecule has 1 heterocycles. The molecule has 2 aliphatic rings. The third kappa shape index (κ3) is 3.21. The monoisotopic (exact) mass is 338 g/mol. The minimum Gasteiger partial charge on any atom is -0.349 e. The van der Waals surface area contributed by atoms with E-state index in [9.17, 15) is 4.79 Å². The Labute approximate surface area is 148 Å². The molecule has 2 atom stereocenters. The van der Waals surface area contributed by atoms with Crippen molar-refractivity contribution < 1.29 is 4.79 Å². The fraction of sp³-hybridized carbons (Fsp3) is 0.500. The summed E-state index contributed by atoms with van der Waals surface area (Å²) in [7, 11) is 0. The van der Waals surface area contributed by atoms with Crippen molar-refractivity contribution in [2.24, 2.45) is 17.6 Å². The van der Waals surface area contributed by atoms with Crippen LogP contribution in [0.3, 0.4) is 0 Å². The number of hydrogen-bond acceptors (Lipinski definition) is 3. The van der Waals surface area contributed by atoms with Gasteiger partial charge in [-0.15, -0.1) is 0 Å². The van der Waals surface area contributed by atoms with Gasteiger partial charge in [0.05, 0.1) is 5.69 Å². The molecule has 2 unspecified atom stereocenters. The minimum absolute atomic E-state index is 0.0288. The molecule has 0 aliphatic heterocycles. The molecule has 25 heavy (non-hydrogen) atoms. The topological polar surface area (TPSA) is 72.9 Å². The van der Waals surface area contributed by atoms with Gasteiger partial charge in [-0.1, -0.05) is 6.42 Å². The minimum atomic E-state index is 0.0288. The molecule has 2 fully saturated rings. The van der Waals surface area contributed by atoms with E-state index in [1.807, 2.05) is 41.9 Å². The van der Waals surface area contributed by atoms with Crippen LogP contribution in [-0.4, -0.2) is 27.8 Å². The Morgan fingerprint density at radius 3 is 2.44 bits per heavy atom. The zero-order chi connectivity index (χ0) is 17.4. The number of carbonyl (C=O) groups excluding carboxylic acids is 1. The quantitative estimate of drug-likeness (QED) is 0.904. The lowest BCUT2D eigenvalue weighted by Gasteiger charge is -2.45. The smallest absolute Gasteiger partial charge is 0.251 e. The highest BCUT2D eigenvalue weighted by atomic mass is 16.1. The molecule has 0 radical (unpaired) electrons. The first-order chi connectivity index (χ1) is 12.1. The molecule has 132 valence electrons. The Balaban J connectivity index is 1.47. The molecule has 0 saturated heterocycles. The van der Waals surface area contributed by atoms with Gasteiger partial charge >= 0.3 is 0 Å². The lowest BCUT2D eigenvalue weighted by Crippen LogP contribution is -2.53. The molecule has 2 aromatic rings. The number of fused-ring (bicyclic) bond motifs is 2. The number of carbonyl (C=O) groups is 1. The summed E-state index contributed by atoms with van der Waals surface area (Å²) in [5, 5.41) is 7.61. The number of rotatable bonds is 3. The second-order valence-electron chi connectivity index (χ2n) is 7.61. The van der Waals surface area contributed by atoms with E-state index in [0.717, 1.165) is 24.2 Å². The average Bonchev–Trinajstić information content (AvgIpc) is 3.02. The Bertz CT molecular complexity index is 737. The maximum atomic E-state index is 12.7. The first kappa shape index (κ1) is 16.3. The largest absolute Gasteiger partial charge is 0.349 e. The van der Waals surface area contributed by atoms with Crippen molar-refractivity contribution in [3.05, 3.63) is 47.8 Å². The van der Waals surface area contributed by atoms with Gasteiger partial charge in [-0.25, -0.2) is 4.68 Å². The summed E-state index contributed by atoms with van der Waals surface area (Å²) in [6, 6.07) is 10.2. The summed E-state index contributed by atoms with van der Waals surface area (Å²) in [5.41, 5.74) is 8.94. The van der Waals surface area contributed by atoms with Crippen molar-refractivity contribution in [1.82, 2.24) is 15.1 Å². The van der Waals surface area contributed by atoms with Crippen LogP contribution >= 0.6 is 0 Å². The zero-order valence-corrected chi connectivity index (χ0v) is 14.7. The fourth-order valence-electron chi connectivity index (χ4n) is 4.65. The Hall–Kier alpha value is -2.14. The van der Waals surface area contributed by atoms with Crippen molar-refractivity contribution >= 4 is 5.91 Å². The molecule has 4 rings (SSSR count). The number of nitrogens with one attached hydrogen (secondary N) is 1. The van der Waals surface area contributed by atoms with Crippen molar-refractivity contribution in [2.45, 2.75) is 51.1 Å². The van der Waals surface area contributed by atoms with Crippen molar-refractivity contribution in [2.75, 3.05) is 0 Å². The van der Waals surface area contributed by atoms with Crippen LogP contribution in [0.2, 0.25) is 0 Å². The standard InChI is InChI=1S/C20H26N4O/c1-13-9-10-22-24(13)18-7-5-14(6-8-18)20(25)23-19-15-3-2-4-16(19)12-17(21)11-15/h5-10,15-17,19H,2-4,11-12,21H2,1H3,(H,23,25). The van der Waals surface area contributed by atoms with Gasteiger partial charge < -0.3 is 11.1 Å². The highest BCUT2D eigenvalue weighted by molar-refractivity contribution is 5.94. The third-order valence-corrected chi connectivity index (χ3v) is 5.88. The molecule has 2 aliphatic carbocycles. The van der Waals surface area contributed by atoms with Gasteiger partial charge in [-0.05, 0) is 74.8 Å². The number of hydrogen-bond donors (Lipinski definition) is 2. The van der Waals surface area contributed by atoms with E-state index >= 15 is 0 Å². The maximum Gasteiger partial charge on any atom is 0.251 e. The van der Waals surface area contributed by atoms with Gasteiger partial charge in [0.2, 0.25) is 0 Å². The first-order valence-corrected chi connectivity index (χ1v) is 9.29. The summed E-state index contributed by atoms with van der Waals surface area (Å²) in [5.74, 6) is 1.11. The van der Waals surface area contributed by atoms with Gasteiger partial charge in [-0.2, -0.15) is 5.10 Å². The summed E-state index contributed by atoms with van der Waals surface area (Å²) < 4.78 is 1.87. The van der Waals surface area contributed by atoms with Crippen molar-refractivity contribution in [1.29, 1.82) is 0 Å². The molecule has 5 nitrogen and oxygen atoms in total. The fourth-order valence-corrected chi connectivity index (χ4v) is 4.65. The van der Waals surface area contributed by atoms with Crippen LogP contribution in [0.1, 0.15) is 48.2 Å². The van der Waals surface area contributed by atoms with Crippen molar-refractivity contribution in [3.63, 3.8) is 0 Å². The van der Waals surface area contributed by atoms with Crippen molar-refractivity contribution in [3.8, 4) is 5.69 Å². The summed E-state index contributed by atoms with van der Waals surface area (Å²) in [4.78, 5) is 12.7. The van der Waals surface area contributed by atoms with Crippen LogP contribution < -0.4 is 11.1 Å². The van der Waals surface area contributed by atoms with Gasteiger partial charge in [0.25, 0.3) is 5.91 Å². The number of aryl methyl sites for hydroxylation is 1. The molecular formula is C20H26N4O. The molecule has 2 saturated carbocycles. The van der Waals surface area contributed by atoms with Crippen LogP contribution in [0.15, 0.2) is 36.5 Å². The number of nitrogens with two attached hydrogens (primary N) is 1. The van der Waals surface area contributed by atoms with E-state index in [1.54, 1.807) is 6.20 Å². The predicted octanol–water partition coefficient (Wildman–Crippen LogP) is 2.82. The molecule has 0 spiro atoms. The molecular weight excluding hydrogens is 312 g/mol. The van der Waals surface area contributed by atoms with E-state index in [0.29, 0.717) is 23.4 Å². The van der Waals surface area contributed by atoms with Crippen LogP contribution in [0.5, 0.6) is 0 Å². The molecule has 2 bridgehead atoms. The summed E-state index contributed by atoms with van der Waals surface area (Å²) in [6.45, 7) is 2.01. The van der Waals surface area contributed by atoms with Crippen LogP contribution in [0.25, 0.3) is 5.69 Å². The second kappa shape index (κ2) is 6.64. The number of nitrogens with zero attached hydrogens (tertiary/aromatic N) is 2. The lowest BCUT2D eigenvalue weighted by molar-refractivity contribution is 0.0756. The molecule has 1 amide bonds. The van der Waals surface area contributed by atoms with Gasteiger partial charge in [0.15, 0.2) is 0 Å². The van der Waals surface area contributed by atoms with Crippen LogP contribution in [-0.2, 0) is 0 Å². The number of benzene rings is 1. The third-order valence-electron chi connectivity index (χ3n) is 5.88. The van der Waals surface area contributed by atoms with Gasteiger partial charge in [0, 0.05) is 29.5 Å². The van der Waals surface area contributed by atoms with E-state index in [-0.39, 0.29) is 11.9 Å². The van der Waals surface area contributed by atoms with Gasteiger partial charge in [0.1, 0.15) is 0 Å². The number of amides is 1. The highest BCUT2D eigenvalue weighted by Gasteiger charge is 2.39. The SMILES string of the molecule is Cc1ccnn1-c1ccc(C(=O)NC2C3CCCC2CC(N)C3)cc1. The molecule has 3 N–H and O–H groups in total.